The Morgan fingerprint density at radius 2 is 2.36 bits per heavy atom. The molecule has 0 saturated carbocycles. The van der Waals surface area contributed by atoms with Crippen molar-refractivity contribution in [2.45, 2.75) is 0 Å². The summed E-state index contributed by atoms with van der Waals surface area (Å²) in [7, 11) is 0. The van der Waals surface area contributed by atoms with E-state index in [4.69, 9.17) is 0 Å². The lowest BCUT2D eigenvalue weighted by atomic mass is 10.5. The second-order valence-corrected chi connectivity index (χ2v) is 2.07. The van der Waals surface area contributed by atoms with Crippen molar-refractivity contribution in [1.29, 1.82) is 0 Å². The molecule has 53 valence electrons. The summed E-state index contributed by atoms with van der Waals surface area (Å²) in [6.45, 7) is 0. The van der Waals surface area contributed by atoms with Crippen molar-refractivity contribution in [3.63, 3.8) is 0 Å². The molecule has 0 aliphatic carbocycles. The molecule has 0 amide bonds. The molecular formula is C8H6N3. The Hall–Kier alpha value is -1.64. The van der Waals surface area contributed by atoms with E-state index in [0.29, 0.717) is 0 Å². The predicted molar refractivity (Wildman–Crippen MR) is 40.2 cm³/mol. The van der Waals surface area contributed by atoms with Gasteiger partial charge in [-0.05, 0) is 12.1 Å². The highest BCUT2D eigenvalue weighted by atomic mass is 15.3. The van der Waals surface area contributed by atoms with Crippen molar-refractivity contribution in [3.8, 4) is 5.82 Å². The number of rotatable bonds is 1. The van der Waals surface area contributed by atoms with Crippen molar-refractivity contribution in [1.82, 2.24) is 14.8 Å². The first-order chi connectivity index (χ1) is 5.47. The molecule has 0 atom stereocenters. The van der Waals surface area contributed by atoms with Gasteiger partial charge in [0.25, 0.3) is 0 Å². The van der Waals surface area contributed by atoms with Crippen molar-refractivity contribution < 1.29 is 0 Å². The maximum Gasteiger partial charge on any atom is 0.153 e. The molecule has 2 heterocycles. The van der Waals surface area contributed by atoms with E-state index in [1.165, 1.54) is 0 Å². The predicted octanol–water partition coefficient (Wildman–Crippen LogP) is 1.07. The molecule has 11 heavy (non-hydrogen) atoms. The lowest BCUT2D eigenvalue weighted by Gasteiger charge is -1.96. The summed E-state index contributed by atoms with van der Waals surface area (Å²) in [6.07, 6.45) is 5.08. The Bertz CT molecular complexity index is 312. The molecule has 2 aromatic heterocycles. The van der Waals surface area contributed by atoms with Gasteiger partial charge < -0.3 is 0 Å². The van der Waals surface area contributed by atoms with Crippen LogP contribution in [0.15, 0.2) is 36.8 Å². The summed E-state index contributed by atoms with van der Waals surface area (Å²) < 4.78 is 1.67. The van der Waals surface area contributed by atoms with Crippen molar-refractivity contribution >= 4 is 0 Å². The average Bonchev–Trinajstić information content (AvgIpc) is 2.58. The van der Waals surface area contributed by atoms with Gasteiger partial charge in [0.15, 0.2) is 5.82 Å². The lowest BCUT2D eigenvalue weighted by molar-refractivity contribution is 0.847. The molecule has 3 nitrogen and oxygen atoms in total. The van der Waals surface area contributed by atoms with Gasteiger partial charge >= 0.3 is 0 Å². The van der Waals surface area contributed by atoms with Crippen molar-refractivity contribution in [3.05, 3.63) is 42.9 Å². The van der Waals surface area contributed by atoms with Crippen LogP contribution in [0.3, 0.4) is 0 Å². The van der Waals surface area contributed by atoms with Crippen LogP contribution in [0.25, 0.3) is 5.82 Å². The van der Waals surface area contributed by atoms with Crippen LogP contribution in [-0.4, -0.2) is 14.8 Å². The minimum atomic E-state index is 0.814. The zero-order valence-corrected chi connectivity index (χ0v) is 5.81. The van der Waals surface area contributed by atoms with Crippen LogP contribution in [0.5, 0.6) is 0 Å². The highest BCUT2D eigenvalue weighted by molar-refractivity contribution is 5.19. The van der Waals surface area contributed by atoms with E-state index >= 15 is 0 Å². The van der Waals surface area contributed by atoms with Crippen LogP contribution in [0, 0.1) is 6.07 Å². The first kappa shape index (κ1) is 6.09. The van der Waals surface area contributed by atoms with Crippen LogP contribution in [0.4, 0.5) is 0 Å². The zero-order chi connectivity index (χ0) is 7.52. The fourth-order valence-corrected chi connectivity index (χ4v) is 0.847. The molecule has 0 aliphatic rings. The van der Waals surface area contributed by atoms with Gasteiger partial charge in [0.1, 0.15) is 0 Å². The number of aromatic nitrogens is 3. The molecule has 0 N–H and O–H groups in total. The van der Waals surface area contributed by atoms with Gasteiger partial charge in [-0.1, -0.05) is 6.07 Å². The third-order valence-corrected chi connectivity index (χ3v) is 1.34. The van der Waals surface area contributed by atoms with Crippen LogP contribution in [-0.2, 0) is 0 Å². The molecule has 3 heteroatoms. The van der Waals surface area contributed by atoms with E-state index < -0.39 is 0 Å². The van der Waals surface area contributed by atoms with E-state index in [1.54, 1.807) is 23.3 Å². The summed E-state index contributed by atoms with van der Waals surface area (Å²) in [5.74, 6) is 0.814. The molecule has 1 radical (unpaired) electrons. The Labute approximate surface area is 64.3 Å². The first-order valence-electron chi connectivity index (χ1n) is 3.29. The molecule has 2 aromatic rings. The number of hydrogen-bond acceptors (Lipinski definition) is 2. The molecule has 0 fully saturated rings. The second kappa shape index (κ2) is 2.54. The molecule has 0 saturated heterocycles. The smallest absolute Gasteiger partial charge is 0.153 e. The largest absolute Gasteiger partial charge is 0.237 e. The van der Waals surface area contributed by atoms with Crippen LogP contribution in [0.2, 0.25) is 0 Å². The second-order valence-electron chi connectivity index (χ2n) is 2.07. The van der Waals surface area contributed by atoms with E-state index in [-0.39, 0.29) is 0 Å². The molecular weight excluding hydrogens is 138 g/mol. The SMILES string of the molecule is [c]1cnn(-c2ccccn2)c1. The third-order valence-electron chi connectivity index (χ3n) is 1.34. The van der Waals surface area contributed by atoms with Crippen molar-refractivity contribution in [2.75, 3.05) is 0 Å². The molecule has 2 rings (SSSR count). The Kier molecular flexibility index (Phi) is 1.41. The quantitative estimate of drug-likeness (QED) is 0.599. The normalized spacial score (nSPS) is 9.82. The Balaban J connectivity index is 2.46. The maximum atomic E-state index is 4.10. The third kappa shape index (κ3) is 1.12. The van der Waals surface area contributed by atoms with Crippen molar-refractivity contribution in [2.24, 2.45) is 0 Å². The van der Waals surface area contributed by atoms with Gasteiger partial charge in [0.2, 0.25) is 0 Å². The van der Waals surface area contributed by atoms with E-state index in [1.807, 2.05) is 18.2 Å². The lowest BCUT2D eigenvalue weighted by Crippen LogP contribution is -1.95. The number of hydrogen-bond donors (Lipinski definition) is 0. The summed E-state index contributed by atoms with van der Waals surface area (Å²) in [5, 5.41) is 3.99. The molecule has 0 bridgehead atoms. The summed E-state index contributed by atoms with van der Waals surface area (Å²) in [4.78, 5) is 4.10. The monoisotopic (exact) mass is 144 g/mol. The highest BCUT2D eigenvalue weighted by Gasteiger charge is 1.92. The molecule has 0 aromatic carbocycles. The van der Waals surface area contributed by atoms with Gasteiger partial charge in [0, 0.05) is 18.5 Å². The molecule has 0 spiro atoms. The summed E-state index contributed by atoms with van der Waals surface area (Å²) in [6, 6.07) is 8.52. The zero-order valence-electron chi connectivity index (χ0n) is 5.81. The number of pyridine rings is 1. The van der Waals surface area contributed by atoms with Gasteiger partial charge in [-0.25, -0.2) is 9.67 Å². The van der Waals surface area contributed by atoms with Gasteiger partial charge in [-0.2, -0.15) is 5.10 Å². The van der Waals surface area contributed by atoms with Crippen LogP contribution < -0.4 is 0 Å². The van der Waals surface area contributed by atoms with Gasteiger partial charge in [-0.3, -0.25) is 0 Å². The van der Waals surface area contributed by atoms with Gasteiger partial charge in [-0.15, -0.1) is 0 Å². The van der Waals surface area contributed by atoms with Crippen LogP contribution in [0.1, 0.15) is 0 Å². The first-order valence-corrected chi connectivity index (χ1v) is 3.29. The van der Waals surface area contributed by atoms with E-state index in [2.05, 4.69) is 16.1 Å². The summed E-state index contributed by atoms with van der Waals surface area (Å²) in [5.41, 5.74) is 0. The minimum absolute atomic E-state index is 0.814. The Morgan fingerprint density at radius 3 is 3.00 bits per heavy atom. The average molecular weight is 144 g/mol. The highest BCUT2D eigenvalue weighted by Crippen LogP contribution is 1.98. The Morgan fingerprint density at radius 1 is 1.36 bits per heavy atom. The topological polar surface area (TPSA) is 30.7 Å². The van der Waals surface area contributed by atoms with E-state index in [0.717, 1.165) is 5.82 Å². The fraction of sp³-hybridized carbons (Fsp3) is 0. The number of nitrogens with zero attached hydrogens (tertiary/aromatic N) is 3. The van der Waals surface area contributed by atoms with Crippen LogP contribution >= 0.6 is 0 Å². The maximum absolute atomic E-state index is 4.10. The fourth-order valence-electron chi connectivity index (χ4n) is 0.847. The van der Waals surface area contributed by atoms with Gasteiger partial charge in [0.05, 0.1) is 6.20 Å². The molecule has 0 unspecified atom stereocenters. The minimum Gasteiger partial charge on any atom is -0.237 e. The summed E-state index contributed by atoms with van der Waals surface area (Å²) >= 11 is 0. The van der Waals surface area contributed by atoms with E-state index in [9.17, 15) is 0 Å². The standard InChI is InChI=1S/C8H6N3/c1-2-5-9-8(4-1)11-7-3-6-10-11/h1-2,4-7H. The molecule has 0 aliphatic heterocycles.